The molecule has 1 aliphatic carbocycles. The van der Waals surface area contributed by atoms with E-state index in [2.05, 4.69) is 37.7 Å². The highest BCUT2D eigenvalue weighted by molar-refractivity contribution is 5.02. The van der Waals surface area contributed by atoms with Crippen LogP contribution in [-0.2, 0) is 0 Å². The molecule has 12 heavy (non-hydrogen) atoms. The molecule has 0 aromatic rings. The molecule has 3 heteroatoms. The molecule has 0 heterocycles. The van der Waals surface area contributed by atoms with E-state index in [0.717, 1.165) is 0 Å². The van der Waals surface area contributed by atoms with Crippen LogP contribution in [0, 0.1) is 16.7 Å². The first-order valence-electron chi connectivity index (χ1n) is 4.43. The van der Waals surface area contributed by atoms with Gasteiger partial charge in [0.1, 0.15) is 0 Å². The van der Waals surface area contributed by atoms with Crippen LogP contribution in [0.25, 0.3) is 10.4 Å². The Morgan fingerprint density at radius 3 is 2.42 bits per heavy atom. The SMILES string of the molecule is CC1C(C)(C)CC1(C)CN=[N+]=[N-]. The molecule has 0 N–H and O–H groups in total. The second-order valence-corrected chi connectivity index (χ2v) is 4.93. The predicted molar refractivity (Wildman–Crippen MR) is 49.7 cm³/mol. The number of nitrogens with zero attached hydrogens (tertiary/aromatic N) is 3. The quantitative estimate of drug-likeness (QED) is 0.344. The lowest BCUT2D eigenvalue weighted by Crippen LogP contribution is -2.51. The fourth-order valence-electron chi connectivity index (χ4n) is 2.55. The van der Waals surface area contributed by atoms with Crippen LogP contribution >= 0.6 is 0 Å². The van der Waals surface area contributed by atoms with Crippen molar-refractivity contribution in [3.63, 3.8) is 0 Å². The maximum Gasteiger partial charge on any atom is 0.0314 e. The topological polar surface area (TPSA) is 48.8 Å². The lowest BCUT2D eigenvalue weighted by molar-refractivity contribution is -0.0739. The Bertz CT molecular complexity index is 228. The van der Waals surface area contributed by atoms with Gasteiger partial charge in [-0.2, -0.15) is 0 Å². The summed E-state index contributed by atoms with van der Waals surface area (Å²) < 4.78 is 0. The Morgan fingerprint density at radius 1 is 1.50 bits per heavy atom. The van der Waals surface area contributed by atoms with Crippen molar-refractivity contribution in [1.82, 2.24) is 0 Å². The molecule has 2 unspecified atom stereocenters. The van der Waals surface area contributed by atoms with Gasteiger partial charge in [-0.25, -0.2) is 0 Å². The Balaban J connectivity index is 2.61. The van der Waals surface area contributed by atoms with Crippen molar-refractivity contribution in [2.45, 2.75) is 34.1 Å². The van der Waals surface area contributed by atoms with Gasteiger partial charge in [-0.05, 0) is 28.7 Å². The van der Waals surface area contributed by atoms with E-state index in [4.69, 9.17) is 5.53 Å². The van der Waals surface area contributed by atoms with Gasteiger partial charge in [0.25, 0.3) is 0 Å². The Morgan fingerprint density at radius 2 is 2.08 bits per heavy atom. The lowest BCUT2D eigenvalue weighted by Gasteiger charge is -2.57. The van der Waals surface area contributed by atoms with Gasteiger partial charge >= 0.3 is 0 Å². The normalized spacial score (nSPS) is 38.2. The monoisotopic (exact) mass is 167 g/mol. The highest BCUT2D eigenvalue weighted by Crippen LogP contribution is 2.58. The third-order valence-electron chi connectivity index (χ3n) is 3.57. The van der Waals surface area contributed by atoms with Crippen LogP contribution in [0.15, 0.2) is 5.11 Å². The molecular weight excluding hydrogens is 150 g/mol. The maximum atomic E-state index is 8.22. The zero-order chi connectivity index (χ0) is 9.41. The second kappa shape index (κ2) is 2.67. The zero-order valence-electron chi connectivity index (χ0n) is 8.33. The van der Waals surface area contributed by atoms with Gasteiger partial charge in [0.15, 0.2) is 0 Å². The first-order chi connectivity index (χ1) is 5.42. The summed E-state index contributed by atoms with van der Waals surface area (Å²) in [5, 5.41) is 3.66. The Kier molecular flexibility index (Phi) is 2.09. The maximum absolute atomic E-state index is 8.22. The van der Waals surface area contributed by atoms with Crippen LogP contribution in [-0.4, -0.2) is 6.54 Å². The molecule has 68 valence electrons. The van der Waals surface area contributed by atoms with Crippen LogP contribution in [0.4, 0.5) is 0 Å². The number of azide groups is 1. The van der Waals surface area contributed by atoms with E-state index in [9.17, 15) is 0 Å². The number of hydrogen-bond donors (Lipinski definition) is 0. The second-order valence-electron chi connectivity index (χ2n) is 4.93. The molecule has 0 bridgehead atoms. The fraction of sp³-hybridized carbons (Fsp3) is 1.00. The standard InChI is InChI=1S/C9H17N3/c1-7-8(2,3)5-9(7,4)6-11-12-10/h7H,5-6H2,1-4H3. The number of rotatable bonds is 2. The fourth-order valence-corrected chi connectivity index (χ4v) is 2.55. The van der Waals surface area contributed by atoms with Crippen LogP contribution in [0.3, 0.4) is 0 Å². The average Bonchev–Trinajstić information content (AvgIpc) is 1.99. The number of hydrogen-bond acceptors (Lipinski definition) is 1. The molecular formula is C9H17N3. The van der Waals surface area contributed by atoms with E-state index in [1.54, 1.807) is 0 Å². The summed E-state index contributed by atoms with van der Waals surface area (Å²) in [6, 6.07) is 0. The predicted octanol–water partition coefficient (Wildman–Crippen LogP) is 3.37. The lowest BCUT2D eigenvalue weighted by atomic mass is 9.48. The van der Waals surface area contributed by atoms with E-state index in [1.165, 1.54) is 6.42 Å². The van der Waals surface area contributed by atoms with E-state index in [-0.39, 0.29) is 5.41 Å². The summed E-state index contributed by atoms with van der Waals surface area (Å²) in [6.45, 7) is 9.65. The summed E-state index contributed by atoms with van der Waals surface area (Å²) >= 11 is 0. The minimum atomic E-state index is 0.246. The zero-order valence-corrected chi connectivity index (χ0v) is 8.33. The van der Waals surface area contributed by atoms with Crippen LogP contribution < -0.4 is 0 Å². The van der Waals surface area contributed by atoms with Gasteiger partial charge in [0.05, 0.1) is 0 Å². The van der Waals surface area contributed by atoms with Crippen LogP contribution in [0.1, 0.15) is 34.1 Å². The summed E-state index contributed by atoms with van der Waals surface area (Å²) in [6.07, 6.45) is 1.17. The average molecular weight is 167 g/mol. The molecule has 0 radical (unpaired) electrons. The first-order valence-corrected chi connectivity index (χ1v) is 4.43. The minimum Gasteiger partial charge on any atom is -0.0934 e. The van der Waals surface area contributed by atoms with Crippen molar-refractivity contribution >= 4 is 0 Å². The van der Waals surface area contributed by atoms with E-state index in [0.29, 0.717) is 17.9 Å². The summed E-state index contributed by atoms with van der Waals surface area (Å²) in [4.78, 5) is 2.81. The molecule has 0 amide bonds. The molecule has 1 aliphatic rings. The van der Waals surface area contributed by atoms with Gasteiger partial charge in [0, 0.05) is 11.5 Å². The smallest absolute Gasteiger partial charge is 0.0314 e. The molecule has 1 rings (SSSR count). The summed E-state index contributed by atoms with van der Waals surface area (Å²) in [5.41, 5.74) is 8.90. The van der Waals surface area contributed by atoms with Gasteiger partial charge in [-0.15, -0.1) is 0 Å². The van der Waals surface area contributed by atoms with E-state index in [1.807, 2.05) is 0 Å². The van der Waals surface area contributed by atoms with Gasteiger partial charge < -0.3 is 0 Å². The van der Waals surface area contributed by atoms with Crippen LogP contribution in [0.2, 0.25) is 0 Å². The third kappa shape index (κ3) is 1.29. The van der Waals surface area contributed by atoms with Crippen molar-refractivity contribution in [3.05, 3.63) is 10.4 Å². The van der Waals surface area contributed by atoms with E-state index >= 15 is 0 Å². The van der Waals surface area contributed by atoms with Crippen molar-refractivity contribution in [3.8, 4) is 0 Å². The highest BCUT2D eigenvalue weighted by atomic mass is 15.1. The molecule has 2 atom stereocenters. The third-order valence-corrected chi connectivity index (χ3v) is 3.57. The van der Waals surface area contributed by atoms with Gasteiger partial charge in [0.2, 0.25) is 0 Å². The molecule has 0 aromatic carbocycles. The molecule has 1 fully saturated rings. The molecule has 1 saturated carbocycles. The van der Waals surface area contributed by atoms with E-state index < -0.39 is 0 Å². The Labute approximate surface area is 73.8 Å². The van der Waals surface area contributed by atoms with Crippen molar-refractivity contribution < 1.29 is 0 Å². The first kappa shape index (κ1) is 9.40. The largest absolute Gasteiger partial charge is 0.0934 e. The summed E-state index contributed by atoms with van der Waals surface area (Å²) in [7, 11) is 0. The van der Waals surface area contributed by atoms with Crippen molar-refractivity contribution in [2.24, 2.45) is 21.9 Å². The molecule has 0 saturated heterocycles. The molecule has 0 aromatic heterocycles. The highest BCUT2D eigenvalue weighted by Gasteiger charge is 2.52. The Hall–Kier alpha value is -0.690. The molecule has 3 nitrogen and oxygen atoms in total. The molecule has 0 spiro atoms. The van der Waals surface area contributed by atoms with Crippen molar-refractivity contribution in [1.29, 1.82) is 0 Å². The van der Waals surface area contributed by atoms with Gasteiger partial charge in [-0.3, -0.25) is 0 Å². The molecule has 0 aliphatic heterocycles. The van der Waals surface area contributed by atoms with Crippen molar-refractivity contribution in [2.75, 3.05) is 6.54 Å². The van der Waals surface area contributed by atoms with Gasteiger partial charge in [-0.1, -0.05) is 32.8 Å². The van der Waals surface area contributed by atoms with Crippen LogP contribution in [0.5, 0.6) is 0 Å². The minimum absolute atomic E-state index is 0.246. The summed E-state index contributed by atoms with van der Waals surface area (Å²) in [5.74, 6) is 0.649.